The van der Waals surface area contributed by atoms with Gasteiger partial charge in [-0.25, -0.2) is 0 Å². The molecule has 0 aromatic heterocycles. The van der Waals surface area contributed by atoms with Gasteiger partial charge in [0.1, 0.15) is 0 Å². The van der Waals surface area contributed by atoms with E-state index in [1.165, 1.54) is 0 Å². The minimum Gasteiger partial charge on any atom is -0.389 e. The molecule has 1 nitrogen and oxygen atoms in total. The van der Waals surface area contributed by atoms with Crippen LogP contribution in [-0.2, 0) is 0 Å². The van der Waals surface area contributed by atoms with E-state index in [-0.39, 0.29) is 6.10 Å². The normalized spacial score (nSPS) is 15.8. The van der Waals surface area contributed by atoms with Crippen molar-refractivity contribution < 1.29 is 5.11 Å². The summed E-state index contributed by atoms with van der Waals surface area (Å²) in [6.07, 6.45) is 7.56. The third-order valence-corrected chi connectivity index (χ3v) is 2.79. The van der Waals surface area contributed by atoms with Gasteiger partial charge in [0.05, 0.1) is 14.2 Å². The molecule has 76 valence electrons. The van der Waals surface area contributed by atoms with Crippen molar-refractivity contribution in [3.05, 3.63) is 23.9 Å². The van der Waals surface area contributed by atoms with Gasteiger partial charge in [-0.05, 0) is 12.8 Å². The number of aliphatic hydroxyl groups is 1. The summed E-state index contributed by atoms with van der Waals surface area (Å²) in [5, 5.41) is 9.52. The second-order valence-electron chi connectivity index (χ2n) is 4.41. The van der Waals surface area contributed by atoms with Gasteiger partial charge in [-0.2, -0.15) is 0 Å². The largest absolute Gasteiger partial charge is 0.389 e. The fourth-order valence-corrected chi connectivity index (χ4v) is 1.68. The van der Waals surface area contributed by atoms with Crippen molar-refractivity contribution in [3.63, 3.8) is 0 Å². The van der Waals surface area contributed by atoms with Crippen LogP contribution in [0.2, 0.25) is 19.6 Å². The average Bonchev–Trinajstić information content (AvgIpc) is 2.00. The van der Waals surface area contributed by atoms with Crippen LogP contribution in [0, 0.1) is 0 Å². The summed E-state index contributed by atoms with van der Waals surface area (Å²) in [5.41, 5.74) is 2.19. The molecule has 0 fully saturated rings. The van der Waals surface area contributed by atoms with Gasteiger partial charge in [-0.15, -0.1) is 0 Å². The highest BCUT2D eigenvalue weighted by molar-refractivity contribution is 6.80. The van der Waals surface area contributed by atoms with Crippen molar-refractivity contribution in [2.75, 3.05) is 0 Å². The van der Waals surface area contributed by atoms with Crippen molar-refractivity contribution in [3.8, 4) is 0 Å². The first-order valence-corrected chi connectivity index (χ1v) is 8.56. The van der Waals surface area contributed by atoms with Gasteiger partial charge in [0, 0.05) is 0 Å². The summed E-state index contributed by atoms with van der Waals surface area (Å²) in [7, 11) is -1.13. The fourth-order valence-electron chi connectivity index (χ4n) is 0.881. The maximum atomic E-state index is 9.52. The van der Waals surface area contributed by atoms with Crippen LogP contribution < -0.4 is 0 Å². The summed E-state index contributed by atoms with van der Waals surface area (Å²) in [4.78, 5) is 0. The Kier molecular flexibility index (Phi) is 6.00. The molecular formula is C11H22OSi. The maximum absolute atomic E-state index is 9.52. The van der Waals surface area contributed by atoms with Crippen molar-refractivity contribution in [1.82, 2.24) is 0 Å². The molecule has 1 N–H and O–H groups in total. The Morgan fingerprint density at radius 1 is 1.23 bits per heavy atom. The molecule has 0 aliphatic heterocycles. The van der Waals surface area contributed by atoms with E-state index in [1.807, 2.05) is 12.2 Å². The number of hydrogen-bond donors (Lipinski definition) is 1. The minimum atomic E-state index is -1.13. The lowest BCUT2D eigenvalue weighted by molar-refractivity contribution is 0.227. The molecule has 0 saturated heterocycles. The van der Waals surface area contributed by atoms with Crippen LogP contribution in [0.4, 0.5) is 0 Å². The van der Waals surface area contributed by atoms with E-state index in [1.54, 1.807) is 0 Å². The molecule has 0 heterocycles. The second-order valence-corrected chi connectivity index (χ2v) is 9.47. The van der Waals surface area contributed by atoms with Crippen LogP contribution in [0.5, 0.6) is 0 Å². The van der Waals surface area contributed by atoms with E-state index >= 15 is 0 Å². The van der Waals surface area contributed by atoms with Gasteiger partial charge in [-0.1, -0.05) is 50.5 Å². The molecule has 0 amide bonds. The molecule has 0 spiro atoms. The molecule has 1 unspecified atom stereocenters. The van der Waals surface area contributed by atoms with E-state index in [0.29, 0.717) is 0 Å². The third-order valence-electron chi connectivity index (χ3n) is 1.60. The highest BCUT2D eigenvalue weighted by Crippen LogP contribution is 2.04. The molecule has 0 aliphatic carbocycles. The summed E-state index contributed by atoms with van der Waals surface area (Å²) in [6, 6.07) is 0. The van der Waals surface area contributed by atoms with Crippen LogP contribution in [-0.4, -0.2) is 19.3 Å². The summed E-state index contributed by atoms with van der Waals surface area (Å²) < 4.78 is 0. The molecule has 0 aromatic rings. The van der Waals surface area contributed by atoms with Crippen LogP contribution in [0.3, 0.4) is 0 Å². The van der Waals surface area contributed by atoms with E-state index in [4.69, 9.17) is 0 Å². The van der Waals surface area contributed by atoms with Crippen molar-refractivity contribution in [2.24, 2.45) is 0 Å². The number of allylic oxidation sites excluding steroid dienone is 1. The Balaban J connectivity index is 3.80. The molecular weight excluding hydrogens is 176 g/mol. The first-order valence-electron chi connectivity index (χ1n) is 4.98. The van der Waals surface area contributed by atoms with Gasteiger partial charge in [-0.3, -0.25) is 0 Å². The van der Waals surface area contributed by atoms with Gasteiger partial charge < -0.3 is 5.11 Å². The van der Waals surface area contributed by atoms with Crippen molar-refractivity contribution in [2.45, 2.75) is 45.5 Å². The molecule has 0 aliphatic rings. The second kappa shape index (κ2) is 6.16. The lowest BCUT2D eigenvalue weighted by Crippen LogP contribution is -2.17. The molecule has 0 saturated carbocycles. The van der Waals surface area contributed by atoms with E-state index in [0.717, 1.165) is 12.8 Å². The Labute approximate surface area is 83.2 Å². The summed E-state index contributed by atoms with van der Waals surface area (Å²) >= 11 is 0. The predicted octanol–water partition coefficient (Wildman–Crippen LogP) is 3.14. The molecule has 0 rings (SSSR count). The van der Waals surface area contributed by atoms with Gasteiger partial charge >= 0.3 is 0 Å². The molecule has 2 heteroatoms. The molecule has 13 heavy (non-hydrogen) atoms. The topological polar surface area (TPSA) is 20.2 Å². The predicted molar refractivity (Wildman–Crippen MR) is 62.5 cm³/mol. The van der Waals surface area contributed by atoms with Crippen LogP contribution in [0.25, 0.3) is 0 Å². The zero-order valence-corrected chi connectivity index (χ0v) is 10.2. The summed E-state index contributed by atoms with van der Waals surface area (Å²) in [6.45, 7) is 8.88. The number of aliphatic hydroxyl groups excluding tert-OH is 1. The van der Waals surface area contributed by atoms with Crippen LogP contribution in [0.15, 0.2) is 23.9 Å². The molecule has 1 atom stereocenters. The SMILES string of the molecule is CC/C=C\CC(O)/C=C/[Si](C)(C)C. The lowest BCUT2D eigenvalue weighted by Gasteiger charge is -2.09. The average molecular weight is 198 g/mol. The Morgan fingerprint density at radius 2 is 1.85 bits per heavy atom. The minimum absolute atomic E-state index is 0.297. The van der Waals surface area contributed by atoms with Gasteiger partial charge in [0.25, 0.3) is 0 Å². The molecule has 0 aromatic carbocycles. The monoisotopic (exact) mass is 198 g/mol. The standard InChI is InChI=1S/C11H22OSi/c1-5-6-7-8-11(12)9-10-13(2,3)4/h6-7,9-12H,5,8H2,1-4H3/b7-6-,10-9+. The molecule has 0 radical (unpaired) electrons. The van der Waals surface area contributed by atoms with E-state index in [2.05, 4.69) is 38.3 Å². The first-order chi connectivity index (χ1) is 5.95. The zero-order valence-electron chi connectivity index (χ0n) is 9.25. The zero-order chi connectivity index (χ0) is 10.3. The number of rotatable bonds is 5. The third kappa shape index (κ3) is 9.57. The number of hydrogen-bond acceptors (Lipinski definition) is 1. The van der Waals surface area contributed by atoms with Gasteiger partial charge in [0.15, 0.2) is 0 Å². The van der Waals surface area contributed by atoms with E-state index in [9.17, 15) is 5.11 Å². The Morgan fingerprint density at radius 3 is 2.31 bits per heavy atom. The summed E-state index contributed by atoms with van der Waals surface area (Å²) in [5.74, 6) is 0. The first kappa shape index (κ1) is 12.7. The highest BCUT2D eigenvalue weighted by Gasteiger charge is 2.07. The fraction of sp³-hybridized carbons (Fsp3) is 0.636. The molecule has 0 bridgehead atoms. The highest BCUT2D eigenvalue weighted by atomic mass is 28.3. The lowest BCUT2D eigenvalue weighted by atomic mass is 10.2. The van der Waals surface area contributed by atoms with Crippen LogP contribution in [0.1, 0.15) is 19.8 Å². The van der Waals surface area contributed by atoms with E-state index < -0.39 is 8.07 Å². The maximum Gasteiger partial charge on any atom is 0.0751 e. The van der Waals surface area contributed by atoms with Crippen molar-refractivity contribution in [1.29, 1.82) is 0 Å². The Hall–Kier alpha value is -0.343. The van der Waals surface area contributed by atoms with Crippen LogP contribution >= 0.6 is 0 Å². The quantitative estimate of drug-likeness (QED) is 0.531. The van der Waals surface area contributed by atoms with Crippen molar-refractivity contribution >= 4 is 8.07 Å². The smallest absolute Gasteiger partial charge is 0.0751 e. The van der Waals surface area contributed by atoms with Gasteiger partial charge in [0.2, 0.25) is 0 Å². The Bertz CT molecular complexity index is 177.